The average molecular weight is 396 g/mol. The number of ketones is 1. The number of benzene rings is 2. The highest BCUT2D eigenvalue weighted by molar-refractivity contribution is 9.10. The largest absolute Gasteiger partial charge is 0.461 e. The SMILES string of the molecule is CCOC(=O)c1[nH]c2c(c1-c1ccccc1)C(=O)c1cc(Br)ccc1-2. The summed E-state index contributed by atoms with van der Waals surface area (Å²) in [6.07, 6.45) is 0. The van der Waals surface area contributed by atoms with E-state index >= 15 is 0 Å². The standard InChI is InChI=1S/C20H14BrNO3/c1-2-25-20(24)18-15(11-6-4-3-5-7-11)16-17(22-18)13-9-8-12(21)10-14(13)19(16)23/h3-10,22H,2H2,1H3. The lowest BCUT2D eigenvalue weighted by Crippen LogP contribution is -2.08. The van der Waals surface area contributed by atoms with E-state index in [9.17, 15) is 9.59 Å². The van der Waals surface area contributed by atoms with E-state index in [1.165, 1.54) is 0 Å². The highest BCUT2D eigenvalue weighted by atomic mass is 79.9. The Morgan fingerprint density at radius 3 is 2.56 bits per heavy atom. The van der Waals surface area contributed by atoms with Crippen LogP contribution in [0.15, 0.2) is 53.0 Å². The van der Waals surface area contributed by atoms with E-state index in [1.807, 2.05) is 48.5 Å². The molecule has 1 N–H and O–H groups in total. The van der Waals surface area contributed by atoms with E-state index in [2.05, 4.69) is 20.9 Å². The molecule has 1 aliphatic carbocycles. The second kappa shape index (κ2) is 6.01. The Morgan fingerprint density at radius 1 is 1.08 bits per heavy atom. The second-order valence-electron chi connectivity index (χ2n) is 5.73. The number of halogens is 1. The summed E-state index contributed by atoms with van der Waals surface area (Å²) in [7, 11) is 0. The number of ether oxygens (including phenoxy) is 1. The number of fused-ring (bicyclic) bond motifs is 3. The van der Waals surface area contributed by atoms with Crippen molar-refractivity contribution >= 4 is 27.7 Å². The fourth-order valence-electron chi connectivity index (χ4n) is 3.24. The first-order valence-electron chi connectivity index (χ1n) is 7.95. The maximum atomic E-state index is 13.0. The van der Waals surface area contributed by atoms with Crippen molar-refractivity contribution in [3.63, 3.8) is 0 Å². The molecule has 3 aromatic rings. The predicted molar refractivity (Wildman–Crippen MR) is 98.8 cm³/mol. The molecule has 4 rings (SSSR count). The maximum absolute atomic E-state index is 13.0. The minimum Gasteiger partial charge on any atom is -0.461 e. The van der Waals surface area contributed by atoms with Gasteiger partial charge in [0.05, 0.1) is 17.9 Å². The molecule has 2 aromatic carbocycles. The fourth-order valence-corrected chi connectivity index (χ4v) is 3.60. The quantitative estimate of drug-likeness (QED) is 0.505. The molecule has 0 unspecified atom stereocenters. The molecule has 0 fully saturated rings. The summed E-state index contributed by atoms with van der Waals surface area (Å²) in [6.45, 7) is 2.03. The lowest BCUT2D eigenvalue weighted by Gasteiger charge is -2.07. The fraction of sp³-hybridized carbons (Fsp3) is 0.100. The zero-order valence-electron chi connectivity index (χ0n) is 13.4. The molecular formula is C20H14BrNO3. The van der Waals surface area contributed by atoms with Crippen molar-refractivity contribution in [2.24, 2.45) is 0 Å². The molecular weight excluding hydrogens is 382 g/mol. The van der Waals surface area contributed by atoms with Crippen LogP contribution < -0.4 is 0 Å². The zero-order chi connectivity index (χ0) is 17.6. The third-order valence-corrected chi connectivity index (χ3v) is 4.76. The van der Waals surface area contributed by atoms with Gasteiger partial charge in [-0.1, -0.05) is 52.3 Å². The lowest BCUT2D eigenvalue weighted by atomic mass is 9.98. The van der Waals surface area contributed by atoms with Crippen LogP contribution in [0.4, 0.5) is 0 Å². The molecule has 0 saturated carbocycles. The third kappa shape index (κ3) is 2.43. The van der Waals surface area contributed by atoms with Crippen molar-refractivity contribution in [1.82, 2.24) is 4.98 Å². The topological polar surface area (TPSA) is 59.2 Å². The highest BCUT2D eigenvalue weighted by Crippen LogP contribution is 2.44. The minimum atomic E-state index is -0.456. The predicted octanol–water partition coefficient (Wildman–Crippen LogP) is 4.83. The number of hydrogen-bond acceptors (Lipinski definition) is 3. The van der Waals surface area contributed by atoms with Gasteiger partial charge >= 0.3 is 5.97 Å². The summed E-state index contributed by atoms with van der Waals surface area (Å²) in [4.78, 5) is 28.6. The molecule has 0 atom stereocenters. The highest BCUT2D eigenvalue weighted by Gasteiger charge is 2.35. The monoisotopic (exact) mass is 395 g/mol. The number of hydrogen-bond donors (Lipinski definition) is 1. The number of H-pyrrole nitrogens is 1. The zero-order valence-corrected chi connectivity index (χ0v) is 15.0. The van der Waals surface area contributed by atoms with Gasteiger partial charge in [0.25, 0.3) is 0 Å². The minimum absolute atomic E-state index is 0.0862. The van der Waals surface area contributed by atoms with Crippen LogP contribution in [0.1, 0.15) is 33.3 Å². The van der Waals surface area contributed by atoms with Gasteiger partial charge in [0.2, 0.25) is 0 Å². The van der Waals surface area contributed by atoms with Gasteiger partial charge in [0, 0.05) is 21.2 Å². The molecule has 25 heavy (non-hydrogen) atoms. The normalized spacial score (nSPS) is 12.0. The van der Waals surface area contributed by atoms with E-state index < -0.39 is 5.97 Å². The van der Waals surface area contributed by atoms with Crippen LogP contribution in [0.2, 0.25) is 0 Å². The third-order valence-electron chi connectivity index (χ3n) is 4.26. The van der Waals surface area contributed by atoms with Crippen LogP contribution in [-0.4, -0.2) is 23.3 Å². The van der Waals surface area contributed by atoms with Gasteiger partial charge in [-0.3, -0.25) is 4.79 Å². The first-order chi connectivity index (χ1) is 12.1. The van der Waals surface area contributed by atoms with Crippen molar-refractivity contribution in [3.05, 3.63) is 69.8 Å². The molecule has 0 amide bonds. The number of aromatic nitrogens is 1. The van der Waals surface area contributed by atoms with Gasteiger partial charge in [-0.05, 0) is 24.6 Å². The van der Waals surface area contributed by atoms with Crippen LogP contribution in [0.25, 0.3) is 22.4 Å². The smallest absolute Gasteiger partial charge is 0.355 e. The van der Waals surface area contributed by atoms with E-state index in [1.54, 1.807) is 6.92 Å². The summed E-state index contributed by atoms with van der Waals surface area (Å²) in [5.41, 5.74) is 4.37. The summed E-state index contributed by atoms with van der Waals surface area (Å²) >= 11 is 3.41. The van der Waals surface area contributed by atoms with Crippen molar-refractivity contribution in [1.29, 1.82) is 0 Å². The number of carbonyl (C=O) groups excluding carboxylic acids is 2. The molecule has 124 valence electrons. The molecule has 0 radical (unpaired) electrons. The molecule has 1 aromatic heterocycles. The Kier molecular flexibility index (Phi) is 3.81. The summed E-state index contributed by atoms with van der Waals surface area (Å²) in [5, 5.41) is 0. The van der Waals surface area contributed by atoms with Gasteiger partial charge in [-0.2, -0.15) is 0 Å². The Morgan fingerprint density at radius 2 is 1.84 bits per heavy atom. The molecule has 1 heterocycles. The van der Waals surface area contributed by atoms with Crippen LogP contribution in [0.5, 0.6) is 0 Å². The Bertz CT molecular complexity index is 1010. The van der Waals surface area contributed by atoms with Crippen molar-refractivity contribution in [2.45, 2.75) is 6.92 Å². The number of esters is 1. The first kappa shape index (κ1) is 15.8. The Hall–Kier alpha value is -2.66. The summed E-state index contributed by atoms with van der Waals surface area (Å²) < 4.78 is 6.02. The molecule has 1 aliphatic rings. The van der Waals surface area contributed by atoms with Crippen molar-refractivity contribution in [3.8, 4) is 22.4 Å². The maximum Gasteiger partial charge on any atom is 0.355 e. The number of rotatable bonds is 3. The van der Waals surface area contributed by atoms with Crippen LogP contribution in [-0.2, 0) is 4.74 Å². The Balaban J connectivity index is 2.00. The van der Waals surface area contributed by atoms with Crippen molar-refractivity contribution in [2.75, 3.05) is 6.61 Å². The molecule has 0 aliphatic heterocycles. The van der Waals surface area contributed by atoms with Gasteiger partial charge in [-0.25, -0.2) is 4.79 Å². The summed E-state index contributed by atoms with van der Waals surface area (Å²) in [6, 6.07) is 15.0. The molecule has 4 nitrogen and oxygen atoms in total. The van der Waals surface area contributed by atoms with Crippen molar-refractivity contribution < 1.29 is 14.3 Å². The van der Waals surface area contributed by atoms with E-state index in [0.717, 1.165) is 15.6 Å². The van der Waals surface area contributed by atoms with E-state index in [-0.39, 0.29) is 12.4 Å². The second-order valence-corrected chi connectivity index (χ2v) is 6.65. The van der Waals surface area contributed by atoms with Crippen LogP contribution in [0, 0.1) is 0 Å². The number of nitrogens with one attached hydrogen (secondary N) is 1. The average Bonchev–Trinajstić information content (AvgIpc) is 3.13. The number of aromatic amines is 1. The molecule has 0 spiro atoms. The lowest BCUT2D eigenvalue weighted by molar-refractivity contribution is 0.0521. The molecule has 0 saturated heterocycles. The Labute approximate surface area is 153 Å². The molecule has 0 bridgehead atoms. The van der Waals surface area contributed by atoms with Gasteiger partial charge in [0.15, 0.2) is 5.78 Å². The summed E-state index contributed by atoms with van der Waals surface area (Å²) in [5.74, 6) is -0.542. The molecule has 5 heteroatoms. The van der Waals surface area contributed by atoms with Crippen LogP contribution in [0.3, 0.4) is 0 Å². The van der Waals surface area contributed by atoms with E-state index in [4.69, 9.17) is 4.74 Å². The van der Waals surface area contributed by atoms with Gasteiger partial charge in [-0.15, -0.1) is 0 Å². The van der Waals surface area contributed by atoms with Crippen LogP contribution >= 0.6 is 15.9 Å². The number of carbonyl (C=O) groups is 2. The van der Waals surface area contributed by atoms with Gasteiger partial charge < -0.3 is 9.72 Å². The van der Waals surface area contributed by atoms with E-state index in [0.29, 0.717) is 28.1 Å². The first-order valence-corrected chi connectivity index (χ1v) is 8.74. The van der Waals surface area contributed by atoms with Gasteiger partial charge in [0.1, 0.15) is 5.69 Å².